The Morgan fingerprint density at radius 2 is 2.13 bits per heavy atom. The predicted octanol–water partition coefficient (Wildman–Crippen LogP) is -0.483. The molecule has 0 unspecified atom stereocenters. The van der Waals surface area contributed by atoms with Crippen LogP contribution < -0.4 is 16.1 Å². The molecule has 0 aliphatic carbocycles. The molecule has 0 spiro atoms. The quantitative estimate of drug-likeness (QED) is 0.582. The summed E-state index contributed by atoms with van der Waals surface area (Å²) in [6, 6.07) is 5.31. The Labute approximate surface area is 130 Å². The first-order valence-electron chi connectivity index (χ1n) is 6.47. The van der Waals surface area contributed by atoms with Gasteiger partial charge in [0.2, 0.25) is 16.0 Å². The summed E-state index contributed by atoms with van der Waals surface area (Å²) >= 11 is 0. The highest BCUT2D eigenvalue weighted by Gasteiger charge is 2.16. The zero-order valence-corrected chi connectivity index (χ0v) is 12.8. The third-order valence-corrected chi connectivity index (χ3v) is 3.53. The van der Waals surface area contributed by atoms with E-state index in [-0.39, 0.29) is 29.5 Å². The van der Waals surface area contributed by atoms with Crippen LogP contribution in [0.5, 0.6) is 0 Å². The van der Waals surface area contributed by atoms with Crippen molar-refractivity contribution >= 4 is 33.0 Å². The molecule has 0 saturated heterocycles. The lowest BCUT2D eigenvalue weighted by atomic mass is 10.3. The van der Waals surface area contributed by atoms with E-state index in [0.717, 1.165) is 6.26 Å². The van der Waals surface area contributed by atoms with E-state index < -0.39 is 15.7 Å². The smallest absolute Gasteiger partial charge is 0.328 e. The van der Waals surface area contributed by atoms with Crippen LogP contribution in [0.2, 0.25) is 0 Å². The average Bonchev–Trinajstić information content (AvgIpc) is 2.76. The van der Waals surface area contributed by atoms with Gasteiger partial charge in [-0.2, -0.15) is 9.97 Å². The van der Waals surface area contributed by atoms with Crippen molar-refractivity contribution in [2.24, 2.45) is 0 Å². The summed E-state index contributed by atoms with van der Waals surface area (Å²) in [5, 5.41) is 0. The van der Waals surface area contributed by atoms with Gasteiger partial charge in [-0.1, -0.05) is 6.07 Å². The van der Waals surface area contributed by atoms with Gasteiger partial charge in [0.15, 0.2) is 11.5 Å². The predicted molar refractivity (Wildman–Crippen MR) is 84.4 cm³/mol. The fraction of sp³-hybridized carbons (Fsp3) is 0.167. The third kappa shape index (κ3) is 3.13. The molecule has 10 nitrogen and oxygen atoms in total. The van der Waals surface area contributed by atoms with Crippen LogP contribution in [0.25, 0.3) is 11.2 Å². The molecule has 0 aliphatic rings. The average molecular weight is 335 g/mol. The summed E-state index contributed by atoms with van der Waals surface area (Å²) in [6.45, 7) is 0.161. The molecule has 4 N–H and O–H groups in total. The van der Waals surface area contributed by atoms with Crippen LogP contribution in [0.3, 0.4) is 0 Å². The van der Waals surface area contributed by atoms with Gasteiger partial charge in [0, 0.05) is 6.20 Å². The Balaban J connectivity index is 2.14. The number of pyridine rings is 1. The van der Waals surface area contributed by atoms with Crippen LogP contribution in [0, 0.1) is 0 Å². The van der Waals surface area contributed by atoms with Crippen LogP contribution in [-0.4, -0.2) is 39.2 Å². The van der Waals surface area contributed by atoms with Gasteiger partial charge in [0.1, 0.15) is 5.52 Å². The van der Waals surface area contributed by atoms with Crippen LogP contribution in [0.4, 0.5) is 11.8 Å². The molecule has 120 valence electrons. The first-order chi connectivity index (χ1) is 10.8. The fourth-order valence-corrected chi connectivity index (χ4v) is 2.49. The number of imidazole rings is 1. The molecule has 23 heavy (non-hydrogen) atoms. The van der Waals surface area contributed by atoms with E-state index in [9.17, 15) is 13.2 Å². The number of nitrogens with zero attached hydrogens (tertiary/aromatic N) is 4. The van der Waals surface area contributed by atoms with Crippen molar-refractivity contribution in [3.8, 4) is 0 Å². The van der Waals surface area contributed by atoms with E-state index in [1.807, 2.05) is 0 Å². The Bertz CT molecular complexity index is 1020. The first-order valence-corrected chi connectivity index (χ1v) is 8.36. The number of aromatic amines is 1. The van der Waals surface area contributed by atoms with Crippen molar-refractivity contribution in [3.63, 3.8) is 0 Å². The van der Waals surface area contributed by atoms with E-state index in [0.29, 0.717) is 5.69 Å². The molecule has 3 heterocycles. The first kappa shape index (κ1) is 15.0. The molecule has 0 fully saturated rings. The minimum absolute atomic E-state index is 0.0296. The van der Waals surface area contributed by atoms with Crippen molar-refractivity contribution in [2.75, 3.05) is 16.7 Å². The minimum Gasteiger partial charge on any atom is -0.382 e. The number of rotatable bonds is 4. The standard InChI is InChI=1S/C12H13N7O3S/c1-23(21,22)18-11-16-9(13)8-10(17-11)19(12(20)15-8)6-7-4-2-3-5-14-7/h2-5H,6H2,1H3,(H,15,20)(H3,13,16,17,18). The van der Waals surface area contributed by atoms with Crippen molar-refractivity contribution in [1.82, 2.24) is 24.5 Å². The number of sulfonamides is 1. The maximum atomic E-state index is 12.1. The number of nitrogen functional groups attached to an aromatic ring is 1. The molecular weight excluding hydrogens is 322 g/mol. The largest absolute Gasteiger partial charge is 0.382 e. The molecule has 11 heteroatoms. The monoisotopic (exact) mass is 335 g/mol. The maximum absolute atomic E-state index is 12.1. The summed E-state index contributed by atoms with van der Waals surface area (Å²) in [4.78, 5) is 26.7. The highest BCUT2D eigenvalue weighted by Crippen LogP contribution is 2.17. The second-order valence-electron chi connectivity index (χ2n) is 4.84. The summed E-state index contributed by atoms with van der Waals surface area (Å²) < 4.78 is 26.1. The number of aromatic nitrogens is 5. The molecule has 3 aromatic rings. The Hall–Kier alpha value is -2.95. The molecule has 0 atom stereocenters. The van der Waals surface area contributed by atoms with Gasteiger partial charge in [0.05, 0.1) is 18.5 Å². The lowest BCUT2D eigenvalue weighted by Gasteiger charge is -2.06. The highest BCUT2D eigenvalue weighted by atomic mass is 32.2. The molecule has 0 aromatic carbocycles. The van der Waals surface area contributed by atoms with Crippen molar-refractivity contribution in [3.05, 3.63) is 40.6 Å². The topological polar surface area (TPSA) is 149 Å². The Morgan fingerprint density at radius 1 is 1.35 bits per heavy atom. The Morgan fingerprint density at radius 3 is 2.78 bits per heavy atom. The lowest BCUT2D eigenvalue weighted by Crippen LogP contribution is -2.18. The van der Waals surface area contributed by atoms with Gasteiger partial charge in [0.25, 0.3) is 0 Å². The lowest BCUT2D eigenvalue weighted by molar-refractivity contribution is 0.606. The highest BCUT2D eigenvalue weighted by molar-refractivity contribution is 7.91. The molecule has 3 rings (SSSR count). The van der Waals surface area contributed by atoms with E-state index in [1.165, 1.54) is 4.57 Å². The summed E-state index contributed by atoms with van der Waals surface area (Å²) in [6.07, 6.45) is 2.57. The van der Waals surface area contributed by atoms with Crippen molar-refractivity contribution in [1.29, 1.82) is 0 Å². The fourth-order valence-electron chi connectivity index (χ4n) is 2.06. The molecule has 0 bridgehead atoms. The van der Waals surface area contributed by atoms with Crippen LogP contribution in [-0.2, 0) is 16.6 Å². The maximum Gasteiger partial charge on any atom is 0.328 e. The van der Waals surface area contributed by atoms with Gasteiger partial charge >= 0.3 is 5.69 Å². The molecular formula is C12H13N7O3S. The number of hydrogen-bond acceptors (Lipinski definition) is 7. The third-order valence-electron chi connectivity index (χ3n) is 2.97. The molecule has 0 saturated carbocycles. The molecule has 0 radical (unpaired) electrons. The minimum atomic E-state index is -3.57. The zero-order valence-electron chi connectivity index (χ0n) is 12.0. The number of hydrogen-bond donors (Lipinski definition) is 3. The summed E-state index contributed by atoms with van der Waals surface area (Å²) in [7, 11) is -3.57. The van der Waals surface area contributed by atoms with Crippen LogP contribution in [0.15, 0.2) is 29.2 Å². The van der Waals surface area contributed by atoms with Gasteiger partial charge in [-0.05, 0) is 12.1 Å². The zero-order chi connectivity index (χ0) is 16.6. The van der Waals surface area contributed by atoms with E-state index in [4.69, 9.17) is 5.73 Å². The molecule has 3 aromatic heterocycles. The normalized spacial score (nSPS) is 11.7. The molecule has 0 amide bonds. The number of H-pyrrole nitrogens is 1. The van der Waals surface area contributed by atoms with Gasteiger partial charge < -0.3 is 10.7 Å². The van der Waals surface area contributed by atoms with Gasteiger partial charge in [-0.25, -0.2) is 13.2 Å². The van der Waals surface area contributed by atoms with Crippen molar-refractivity contribution < 1.29 is 8.42 Å². The number of nitrogens with two attached hydrogens (primary N) is 1. The SMILES string of the molecule is CS(=O)(=O)Nc1nc(N)c2[nH]c(=O)n(Cc3ccccn3)c2n1. The van der Waals surface area contributed by atoms with Crippen LogP contribution in [0.1, 0.15) is 5.69 Å². The Kier molecular flexibility index (Phi) is 3.48. The second kappa shape index (κ2) is 5.35. The summed E-state index contributed by atoms with van der Waals surface area (Å²) in [5.41, 5.74) is 6.40. The number of anilines is 2. The van der Waals surface area contributed by atoms with Crippen molar-refractivity contribution in [2.45, 2.75) is 6.54 Å². The number of fused-ring (bicyclic) bond motifs is 1. The van der Waals surface area contributed by atoms with Crippen LogP contribution >= 0.6 is 0 Å². The number of nitrogens with one attached hydrogen (secondary N) is 2. The van der Waals surface area contributed by atoms with E-state index in [2.05, 4.69) is 24.7 Å². The summed E-state index contributed by atoms with van der Waals surface area (Å²) in [5.74, 6) is -0.232. The molecule has 0 aliphatic heterocycles. The van der Waals surface area contributed by atoms with E-state index >= 15 is 0 Å². The van der Waals surface area contributed by atoms with Gasteiger partial charge in [-0.3, -0.25) is 14.3 Å². The van der Waals surface area contributed by atoms with Gasteiger partial charge in [-0.15, -0.1) is 0 Å². The second-order valence-corrected chi connectivity index (χ2v) is 6.59. The van der Waals surface area contributed by atoms with E-state index in [1.54, 1.807) is 24.4 Å².